The van der Waals surface area contributed by atoms with Crippen LogP contribution in [0, 0.1) is 5.92 Å². The summed E-state index contributed by atoms with van der Waals surface area (Å²) in [5.74, 6) is 3.50. The number of ether oxygens (including phenoxy) is 1. The molecule has 19 heavy (non-hydrogen) atoms. The number of furan rings is 1. The predicted molar refractivity (Wildman–Crippen MR) is 76.1 cm³/mol. The van der Waals surface area contributed by atoms with E-state index in [1.165, 1.54) is 6.42 Å². The van der Waals surface area contributed by atoms with Crippen molar-refractivity contribution < 1.29 is 9.15 Å². The average Bonchev–Trinajstić information content (AvgIpc) is 2.93. The normalized spacial score (nSPS) is 23.8. The van der Waals surface area contributed by atoms with Crippen molar-refractivity contribution in [3.8, 4) is 0 Å². The summed E-state index contributed by atoms with van der Waals surface area (Å²) in [5.41, 5.74) is 5.90. The highest BCUT2D eigenvalue weighted by molar-refractivity contribution is 5.19. The van der Waals surface area contributed by atoms with Crippen LogP contribution in [0.5, 0.6) is 0 Å². The first-order valence-electron chi connectivity index (χ1n) is 7.25. The zero-order valence-electron chi connectivity index (χ0n) is 12.3. The molecule has 4 nitrogen and oxygen atoms in total. The summed E-state index contributed by atoms with van der Waals surface area (Å²) in [7, 11) is 2.07. The van der Waals surface area contributed by atoms with Gasteiger partial charge in [0.25, 0.3) is 0 Å². The van der Waals surface area contributed by atoms with E-state index in [4.69, 9.17) is 14.9 Å². The van der Waals surface area contributed by atoms with Crippen molar-refractivity contribution in [1.29, 1.82) is 0 Å². The molecule has 1 aliphatic carbocycles. The van der Waals surface area contributed by atoms with Crippen molar-refractivity contribution in [3.63, 3.8) is 0 Å². The summed E-state index contributed by atoms with van der Waals surface area (Å²) in [6, 6.07) is 4.33. The van der Waals surface area contributed by atoms with Crippen LogP contribution >= 0.6 is 0 Å². The van der Waals surface area contributed by atoms with Crippen LogP contribution in [0.25, 0.3) is 0 Å². The molecule has 3 atom stereocenters. The molecule has 3 unspecified atom stereocenters. The largest absolute Gasteiger partial charge is 0.464 e. The topological polar surface area (TPSA) is 51.6 Å². The van der Waals surface area contributed by atoms with Crippen LogP contribution in [0.4, 0.5) is 0 Å². The molecule has 1 aliphatic rings. The van der Waals surface area contributed by atoms with Gasteiger partial charge in [0, 0.05) is 25.6 Å². The van der Waals surface area contributed by atoms with Crippen molar-refractivity contribution in [2.45, 2.75) is 32.2 Å². The number of hydrogen-bond donors (Lipinski definition) is 1. The molecule has 0 bridgehead atoms. The van der Waals surface area contributed by atoms with Gasteiger partial charge in [-0.1, -0.05) is 6.92 Å². The zero-order chi connectivity index (χ0) is 13.8. The highest BCUT2D eigenvalue weighted by Gasteiger charge is 2.37. The molecule has 2 N–H and O–H groups in total. The van der Waals surface area contributed by atoms with Crippen LogP contribution < -0.4 is 5.73 Å². The lowest BCUT2D eigenvalue weighted by molar-refractivity contribution is 0.103. The van der Waals surface area contributed by atoms with Crippen LogP contribution in [0.15, 0.2) is 16.5 Å². The smallest absolute Gasteiger partial charge is 0.122 e. The molecule has 0 saturated heterocycles. The van der Waals surface area contributed by atoms with Gasteiger partial charge in [-0.15, -0.1) is 0 Å². The van der Waals surface area contributed by atoms with Gasteiger partial charge < -0.3 is 14.9 Å². The average molecular weight is 266 g/mol. The van der Waals surface area contributed by atoms with E-state index in [0.29, 0.717) is 12.5 Å². The van der Waals surface area contributed by atoms with Crippen molar-refractivity contribution in [2.24, 2.45) is 11.7 Å². The molecule has 108 valence electrons. The van der Waals surface area contributed by atoms with Gasteiger partial charge in [-0.3, -0.25) is 4.90 Å². The van der Waals surface area contributed by atoms with E-state index < -0.39 is 0 Å². The van der Waals surface area contributed by atoms with E-state index in [0.717, 1.165) is 37.2 Å². The highest BCUT2D eigenvalue weighted by atomic mass is 16.5. The zero-order valence-corrected chi connectivity index (χ0v) is 12.3. The van der Waals surface area contributed by atoms with Gasteiger partial charge in [-0.25, -0.2) is 0 Å². The third kappa shape index (κ3) is 3.59. The Bertz CT molecular complexity index is 391. The maximum atomic E-state index is 6.00. The lowest BCUT2D eigenvalue weighted by atomic mass is 10.2. The molecule has 1 heterocycles. The number of rotatable bonds is 8. The van der Waals surface area contributed by atoms with E-state index in [2.05, 4.69) is 31.0 Å². The lowest BCUT2D eigenvalue weighted by Gasteiger charge is -2.25. The molecule has 0 aliphatic heterocycles. The van der Waals surface area contributed by atoms with Crippen LogP contribution in [-0.4, -0.2) is 38.3 Å². The van der Waals surface area contributed by atoms with E-state index in [1.54, 1.807) is 0 Å². The van der Waals surface area contributed by atoms with E-state index in [9.17, 15) is 0 Å². The minimum absolute atomic E-state index is 0.142. The Morgan fingerprint density at radius 1 is 1.53 bits per heavy atom. The molecular formula is C15H26N2O2. The second-order valence-corrected chi connectivity index (χ2v) is 5.49. The summed E-state index contributed by atoms with van der Waals surface area (Å²) in [6.07, 6.45) is 1.25. The number of nitrogens with zero attached hydrogens (tertiary/aromatic N) is 1. The first-order valence-corrected chi connectivity index (χ1v) is 7.25. The van der Waals surface area contributed by atoms with Crippen molar-refractivity contribution in [1.82, 2.24) is 4.90 Å². The molecule has 0 radical (unpaired) electrons. The Morgan fingerprint density at radius 3 is 2.84 bits per heavy atom. The number of nitrogens with two attached hydrogens (primary N) is 1. The van der Waals surface area contributed by atoms with Gasteiger partial charge in [-0.05, 0) is 38.4 Å². The standard InChI is InChI=1S/C15H26N2O2/c1-4-18-8-7-17(3)13(10-16)15-6-5-14(19-15)12-9-11(12)2/h5-6,11-13H,4,7-10,16H2,1-3H3. The summed E-state index contributed by atoms with van der Waals surface area (Å²) >= 11 is 0. The van der Waals surface area contributed by atoms with Gasteiger partial charge >= 0.3 is 0 Å². The van der Waals surface area contributed by atoms with Gasteiger partial charge in [0.15, 0.2) is 0 Å². The Morgan fingerprint density at radius 2 is 2.26 bits per heavy atom. The monoisotopic (exact) mass is 266 g/mol. The minimum Gasteiger partial charge on any atom is -0.464 e. The summed E-state index contributed by atoms with van der Waals surface area (Å²) in [6.45, 7) is 7.20. The molecule has 1 saturated carbocycles. The van der Waals surface area contributed by atoms with E-state index >= 15 is 0 Å². The fourth-order valence-electron chi connectivity index (χ4n) is 2.49. The molecule has 2 rings (SSSR count). The highest BCUT2D eigenvalue weighted by Crippen LogP contribution is 2.47. The molecular weight excluding hydrogens is 240 g/mol. The van der Waals surface area contributed by atoms with E-state index in [1.807, 2.05) is 6.92 Å². The van der Waals surface area contributed by atoms with Crippen LogP contribution in [0.1, 0.15) is 43.7 Å². The number of likely N-dealkylation sites (N-methyl/N-ethyl adjacent to an activating group) is 1. The Labute approximate surface area is 115 Å². The predicted octanol–water partition coefficient (Wildman–Crippen LogP) is 2.37. The first-order chi connectivity index (χ1) is 9.17. The third-order valence-electron chi connectivity index (χ3n) is 4.00. The summed E-state index contributed by atoms with van der Waals surface area (Å²) in [5, 5.41) is 0. The van der Waals surface area contributed by atoms with Gasteiger partial charge in [0.2, 0.25) is 0 Å². The minimum atomic E-state index is 0.142. The van der Waals surface area contributed by atoms with Crippen molar-refractivity contribution in [3.05, 3.63) is 23.7 Å². The Hall–Kier alpha value is -0.840. The van der Waals surface area contributed by atoms with Crippen molar-refractivity contribution >= 4 is 0 Å². The number of hydrogen-bond acceptors (Lipinski definition) is 4. The maximum Gasteiger partial charge on any atom is 0.122 e. The second-order valence-electron chi connectivity index (χ2n) is 5.49. The van der Waals surface area contributed by atoms with Crippen LogP contribution in [0.2, 0.25) is 0 Å². The molecule has 1 aromatic rings. The summed E-state index contributed by atoms with van der Waals surface area (Å²) < 4.78 is 11.4. The SMILES string of the molecule is CCOCCN(C)C(CN)c1ccc(C2CC2C)o1. The van der Waals surface area contributed by atoms with Gasteiger partial charge in [0.05, 0.1) is 12.6 Å². The van der Waals surface area contributed by atoms with Crippen molar-refractivity contribution in [2.75, 3.05) is 33.4 Å². The molecule has 4 heteroatoms. The molecule has 1 aromatic heterocycles. The third-order valence-corrected chi connectivity index (χ3v) is 4.00. The molecule has 0 spiro atoms. The van der Waals surface area contributed by atoms with Gasteiger partial charge in [-0.2, -0.15) is 0 Å². The van der Waals surface area contributed by atoms with Crippen LogP contribution in [0.3, 0.4) is 0 Å². The second kappa shape index (κ2) is 6.55. The summed E-state index contributed by atoms with van der Waals surface area (Å²) in [4.78, 5) is 2.20. The molecule has 0 amide bonds. The lowest BCUT2D eigenvalue weighted by Crippen LogP contribution is -2.32. The molecule has 0 aromatic carbocycles. The van der Waals surface area contributed by atoms with E-state index in [-0.39, 0.29) is 6.04 Å². The fourth-order valence-corrected chi connectivity index (χ4v) is 2.49. The Kier molecular flexibility index (Phi) is 5.02. The first kappa shape index (κ1) is 14.6. The maximum absolute atomic E-state index is 6.00. The Balaban J connectivity index is 1.94. The fraction of sp³-hybridized carbons (Fsp3) is 0.733. The quantitative estimate of drug-likeness (QED) is 0.734. The molecule has 1 fully saturated rings. The van der Waals surface area contributed by atoms with Crippen LogP contribution in [-0.2, 0) is 4.74 Å². The van der Waals surface area contributed by atoms with Gasteiger partial charge in [0.1, 0.15) is 11.5 Å².